The van der Waals surface area contributed by atoms with Crippen LogP contribution in [0.2, 0.25) is 0 Å². The Morgan fingerprint density at radius 2 is 1.68 bits per heavy atom. The summed E-state index contributed by atoms with van der Waals surface area (Å²) in [5.41, 5.74) is 2.02. The van der Waals surface area contributed by atoms with Crippen molar-refractivity contribution in [3.63, 3.8) is 0 Å². The molecule has 0 aliphatic carbocycles. The summed E-state index contributed by atoms with van der Waals surface area (Å²) in [6.45, 7) is 1.62. The Morgan fingerprint density at radius 3 is 2.18 bits per heavy atom. The number of carboxylic acid groups (broad SMARTS) is 1. The van der Waals surface area contributed by atoms with Crippen LogP contribution in [0.5, 0.6) is 11.5 Å². The number of halogens is 2. The number of ether oxygens (including phenoxy) is 2. The third kappa shape index (κ3) is 5.67. The quantitative estimate of drug-likeness (QED) is 0.711. The van der Waals surface area contributed by atoms with Gasteiger partial charge in [0.25, 0.3) is 5.91 Å². The number of alkyl halides is 2. The average molecular weight is 393 g/mol. The molecule has 0 spiro atoms. The van der Waals surface area contributed by atoms with E-state index in [2.05, 4.69) is 10.1 Å². The number of aliphatic carboxylic acids is 1. The highest BCUT2D eigenvalue weighted by Gasteiger charge is 2.16. The van der Waals surface area contributed by atoms with Crippen molar-refractivity contribution >= 4 is 11.9 Å². The maximum absolute atomic E-state index is 12.5. The molecule has 0 radical (unpaired) electrons. The van der Waals surface area contributed by atoms with Gasteiger partial charge in [0.2, 0.25) is 0 Å². The van der Waals surface area contributed by atoms with Crippen LogP contribution in [-0.2, 0) is 4.79 Å². The molecule has 2 N–H and O–H groups in total. The number of amides is 1. The molecule has 150 valence electrons. The second kappa shape index (κ2) is 9.16. The maximum Gasteiger partial charge on any atom is 0.387 e. The fraction of sp³-hybridized carbons (Fsp3) is 0.300. The molecule has 1 atom stereocenters. The first kappa shape index (κ1) is 21.1. The number of carbonyl (C=O) groups excluding carboxylic acids is 1. The van der Waals surface area contributed by atoms with E-state index < -0.39 is 19.2 Å². The smallest absolute Gasteiger partial charge is 0.387 e. The molecule has 0 saturated carbocycles. The number of carboxylic acids is 1. The molecule has 0 bridgehead atoms. The molecule has 2 rings (SSSR count). The number of rotatable bonds is 8. The van der Waals surface area contributed by atoms with Crippen molar-refractivity contribution in [1.29, 1.82) is 0 Å². The second-order valence-electron chi connectivity index (χ2n) is 6.26. The van der Waals surface area contributed by atoms with Gasteiger partial charge in [-0.1, -0.05) is 12.1 Å². The molecule has 0 aliphatic rings. The first-order chi connectivity index (χ1) is 13.2. The molecular weight excluding hydrogens is 372 g/mol. The fourth-order valence-electron chi connectivity index (χ4n) is 2.72. The normalized spacial score (nSPS) is 11.8. The zero-order valence-electron chi connectivity index (χ0n) is 15.7. The summed E-state index contributed by atoms with van der Waals surface area (Å²) in [6, 6.07) is 9.33. The van der Waals surface area contributed by atoms with Gasteiger partial charge in [0.1, 0.15) is 11.5 Å². The lowest BCUT2D eigenvalue weighted by molar-refractivity contribution is -0.139. The largest absolute Gasteiger partial charge is 0.482 e. The van der Waals surface area contributed by atoms with E-state index in [0.717, 1.165) is 5.56 Å². The first-order valence-electron chi connectivity index (χ1n) is 8.49. The van der Waals surface area contributed by atoms with E-state index in [9.17, 15) is 18.4 Å². The molecule has 0 aromatic heterocycles. The monoisotopic (exact) mass is 393 g/mol. The molecule has 6 nitrogen and oxygen atoms in total. The van der Waals surface area contributed by atoms with Crippen molar-refractivity contribution in [2.45, 2.75) is 33.4 Å². The van der Waals surface area contributed by atoms with Gasteiger partial charge < -0.3 is 19.9 Å². The van der Waals surface area contributed by atoms with Crippen LogP contribution in [0.25, 0.3) is 0 Å². The van der Waals surface area contributed by atoms with Gasteiger partial charge in [-0.05, 0) is 61.7 Å². The van der Waals surface area contributed by atoms with Gasteiger partial charge in [0.15, 0.2) is 6.61 Å². The molecule has 28 heavy (non-hydrogen) atoms. The number of hydrogen-bond donors (Lipinski definition) is 2. The zero-order chi connectivity index (χ0) is 20.8. The van der Waals surface area contributed by atoms with Gasteiger partial charge >= 0.3 is 12.6 Å². The third-order valence-electron chi connectivity index (χ3n) is 4.02. The molecule has 0 fully saturated rings. The Kier molecular flexibility index (Phi) is 6.92. The minimum absolute atomic E-state index is 0.0662. The average Bonchev–Trinajstić information content (AvgIpc) is 2.62. The topological polar surface area (TPSA) is 84.9 Å². The van der Waals surface area contributed by atoms with Crippen LogP contribution < -0.4 is 14.8 Å². The fourth-order valence-corrected chi connectivity index (χ4v) is 2.72. The van der Waals surface area contributed by atoms with Crippen LogP contribution in [0.3, 0.4) is 0 Å². The maximum atomic E-state index is 12.5. The van der Waals surface area contributed by atoms with Crippen LogP contribution in [0.1, 0.15) is 40.0 Å². The molecule has 0 heterocycles. The number of aryl methyl sites for hydroxylation is 2. The lowest BCUT2D eigenvalue weighted by atomic mass is 10.0. The molecule has 2 aromatic rings. The second-order valence-corrected chi connectivity index (χ2v) is 6.26. The Bertz CT molecular complexity index is 829. The van der Waals surface area contributed by atoms with Crippen molar-refractivity contribution in [2.24, 2.45) is 0 Å². The van der Waals surface area contributed by atoms with Crippen molar-refractivity contribution < 1.29 is 33.0 Å². The number of nitrogens with one attached hydrogen (secondary N) is 1. The summed E-state index contributed by atoms with van der Waals surface area (Å²) in [7, 11) is 0. The van der Waals surface area contributed by atoms with Gasteiger partial charge in [0, 0.05) is 5.56 Å². The van der Waals surface area contributed by atoms with Crippen LogP contribution in [0, 0.1) is 13.8 Å². The highest BCUT2D eigenvalue weighted by Crippen LogP contribution is 2.27. The Morgan fingerprint density at radius 1 is 1.11 bits per heavy atom. The van der Waals surface area contributed by atoms with Crippen molar-refractivity contribution in [3.05, 3.63) is 58.7 Å². The molecular formula is C20H21F2NO5. The molecule has 0 saturated heterocycles. The highest BCUT2D eigenvalue weighted by molar-refractivity contribution is 5.95. The van der Waals surface area contributed by atoms with Crippen LogP contribution in [-0.4, -0.2) is 30.2 Å². The first-order valence-corrected chi connectivity index (χ1v) is 8.49. The summed E-state index contributed by atoms with van der Waals surface area (Å²) in [5.74, 6) is -0.948. The van der Waals surface area contributed by atoms with E-state index >= 15 is 0 Å². The SMILES string of the molecule is Cc1cc(C(=O)NC(C)c2ccc(OCC(=O)O)cc2)cc(C)c1OC(F)F. The molecule has 8 heteroatoms. The highest BCUT2D eigenvalue weighted by atomic mass is 19.3. The van der Waals surface area contributed by atoms with E-state index in [1.807, 2.05) is 0 Å². The molecule has 1 amide bonds. The van der Waals surface area contributed by atoms with Gasteiger partial charge in [0.05, 0.1) is 6.04 Å². The van der Waals surface area contributed by atoms with Crippen LogP contribution >= 0.6 is 0 Å². The van der Waals surface area contributed by atoms with E-state index in [4.69, 9.17) is 9.84 Å². The van der Waals surface area contributed by atoms with Crippen molar-refractivity contribution in [3.8, 4) is 11.5 Å². The van der Waals surface area contributed by atoms with Crippen molar-refractivity contribution in [1.82, 2.24) is 5.32 Å². The Labute approximate surface area is 161 Å². The minimum atomic E-state index is -2.93. The van der Waals surface area contributed by atoms with Gasteiger partial charge in [-0.25, -0.2) is 4.79 Å². The zero-order valence-corrected chi connectivity index (χ0v) is 15.7. The standard InChI is InChI=1S/C20H21F2NO5/c1-11-8-15(9-12(2)18(11)28-20(21)22)19(26)23-13(3)14-4-6-16(7-5-14)27-10-17(24)25/h4-9,13,20H,10H2,1-3H3,(H,23,26)(H,24,25). The van der Waals surface area contributed by atoms with Gasteiger partial charge in [-0.3, -0.25) is 4.79 Å². The summed E-state index contributed by atoms with van der Waals surface area (Å²) in [4.78, 5) is 23.0. The lowest BCUT2D eigenvalue weighted by Gasteiger charge is -2.17. The van der Waals surface area contributed by atoms with Gasteiger partial charge in [-0.2, -0.15) is 8.78 Å². The van der Waals surface area contributed by atoms with E-state index in [0.29, 0.717) is 22.4 Å². The summed E-state index contributed by atoms with van der Waals surface area (Å²) in [6.07, 6.45) is 0. The minimum Gasteiger partial charge on any atom is -0.482 e. The van der Waals surface area contributed by atoms with Crippen LogP contribution in [0.4, 0.5) is 8.78 Å². The molecule has 0 aliphatic heterocycles. The number of carbonyl (C=O) groups is 2. The van der Waals surface area contributed by atoms with Crippen molar-refractivity contribution in [2.75, 3.05) is 6.61 Å². The van der Waals surface area contributed by atoms with Crippen LogP contribution in [0.15, 0.2) is 36.4 Å². The predicted molar refractivity (Wildman–Crippen MR) is 98.0 cm³/mol. The Hall–Kier alpha value is -3.16. The molecule has 1 unspecified atom stereocenters. The Balaban J connectivity index is 2.06. The summed E-state index contributed by atoms with van der Waals surface area (Å²) < 4.78 is 34.5. The number of hydrogen-bond acceptors (Lipinski definition) is 4. The third-order valence-corrected chi connectivity index (χ3v) is 4.02. The summed E-state index contributed by atoms with van der Waals surface area (Å²) in [5, 5.41) is 11.4. The van der Waals surface area contributed by atoms with Gasteiger partial charge in [-0.15, -0.1) is 0 Å². The lowest BCUT2D eigenvalue weighted by Crippen LogP contribution is -2.26. The van der Waals surface area contributed by atoms with E-state index in [-0.39, 0.29) is 17.7 Å². The number of benzene rings is 2. The summed E-state index contributed by atoms with van der Waals surface area (Å²) >= 11 is 0. The molecule has 2 aromatic carbocycles. The predicted octanol–water partition coefficient (Wildman–Crippen LogP) is 3.86. The van der Waals surface area contributed by atoms with E-state index in [1.54, 1.807) is 45.0 Å². The van der Waals surface area contributed by atoms with E-state index in [1.165, 1.54) is 12.1 Å².